The van der Waals surface area contributed by atoms with Crippen LogP contribution in [0.5, 0.6) is 0 Å². The van der Waals surface area contributed by atoms with E-state index in [0.29, 0.717) is 0 Å². The zero-order chi connectivity index (χ0) is 5.56. The maximum absolute atomic E-state index is 2.42. The summed E-state index contributed by atoms with van der Waals surface area (Å²) in [4.78, 5) is 0. The molecule has 0 bridgehead atoms. The second kappa shape index (κ2) is 1.49. The molecule has 46 valence electrons. The third kappa shape index (κ3) is 0.586. The van der Waals surface area contributed by atoms with Gasteiger partial charge in [0, 0.05) is 0 Å². The van der Waals surface area contributed by atoms with Gasteiger partial charge in [0.15, 0.2) is 0 Å². The van der Waals surface area contributed by atoms with E-state index in [1.165, 1.54) is 24.7 Å². The first-order chi connectivity index (χ1) is 3.88. The van der Waals surface area contributed by atoms with Gasteiger partial charge in [-0.05, 0) is 24.2 Å². The van der Waals surface area contributed by atoms with E-state index in [4.69, 9.17) is 0 Å². The van der Waals surface area contributed by atoms with Crippen molar-refractivity contribution in [3.05, 3.63) is 0 Å². The minimum atomic E-state index is 1.08. The Balaban J connectivity index is 1.99. The van der Waals surface area contributed by atoms with E-state index >= 15 is 0 Å². The van der Waals surface area contributed by atoms with Crippen molar-refractivity contribution in [3.8, 4) is 0 Å². The zero-order valence-electron chi connectivity index (χ0n) is 5.56. The van der Waals surface area contributed by atoms with E-state index in [9.17, 15) is 0 Å². The largest absolute Gasteiger partial charge is 0.0622 e. The predicted molar refractivity (Wildman–Crippen MR) is 34.6 cm³/mol. The van der Waals surface area contributed by atoms with Crippen LogP contribution in [0, 0.1) is 17.8 Å². The first kappa shape index (κ1) is 4.84. The molecule has 0 radical (unpaired) electrons. The van der Waals surface area contributed by atoms with E-state index < -0.39 is 0 Å². The lowest BCUT2D eigenvalue weighted by Gasteiger charge is -2.15. The van der Waals surface area contributed by atoms with Crippen LogP contribution in [0.25, 0.3) is 0 Å². The normalized spacial score (nSPS) is 52.9. The molecule has 8 heavy (non-hydrogen) atoms. The van der Waals surface area contributed by atoms with Crippen molar-refractivity contribution in [2.24, 2.45) is 17.8 Å². The molecule has 2 aliphatic carbocycles. The fraction of sp³-hybridized carbons (Fsp3) is 1.00. The van der Waals surface area contributed by atoms with Crippen LogP contribution < -0.4 is 0 Å². The average Bonchev–Trinajstić information content (AvgIpc) is 2.45. The molecule has 0 amide bonds. The molecule has 2 saturated carbocycles. The summed E-state index contributed by atoms with van der Waals surface area (Å²) in [7, 11) is 0. The van der Waals surface area contributed by atoms with Gasteiger partial charge < -0.3 is 0 Å². The molecule has 0 aromatic heterocycles. The molecular weight excluding hydrogens is 96.1 g/mol. The Hall–Kier alpha value is 0. The molecule has 0 nitrogen and oxygen atoms in total. The SMILES string of the molecule is C[C@@H]1CCC[C@H]2C[C@@H]21. The molecule has 0 heterocycles. The van der Waals surface area contributed by atoms with E-state index in [2.05, 4.69) is 6.92 Å². The van der Waals surface area contributed by atoms with Crippen LogP contribution >= 0.6 is 0 Å². The summed E-state index contributed by atoms with van der Waals surface area (Å²) >= 11 is 0. The van der Waals surface area contributed by atoms with Crippen molar-refractivity contribution in [2.45, 2.75) is 32.6 Å². The maximum Gasteiger partial charge on any atom is -0.0357 e. The van der Waals surface area contributed by atoms with Crippen LogP contribution in [-0.4, -0.2) is 0 Å². The Kier molecular flexibility index (Phi) is 0.902. The fourth-order valence-electron chi connectivity index (χ4n) is 2.22. The van der Waals surface area contributed by atoms with Crippen LogP contribution in [0.15, 0.2) is 0 Å². The van der Waals surface area contributed by atoms with Gasteiger partial charge >= 0.3 is 0 Å². The standard InChI is InChI=1S/C8H14/c1-6-3-2-4-7-5-8(6)7/h6-8H,2-5H2,1H3/t6-,7+,8-/m1/s1. The molecule has 0 aromatic rings. The van der Waals surface area contributed by atoms with Gasteiger partial charge in [0.05, 0.1) is 0 Å². The third-order valence-electron chi connectivity index (χ3n) is 2.94. The van der Waals surface area contributed by atoms with Crippen molar-refractivity contribution in [3.63, 3.8) is 0 Å². The Morgan fingerprint density at radius 2 is 2.12 bits per heavy atom. The van der Waals surface area contributed by atoms with Crippen molar-refractivity contribution in [1.82, 2.24) is 0 Å². The summed E-state index contributed by atoms with van der Waals surface area (Å²) in [6.07, 6.45) is 6.15. The van der Waals surface area contributed by atoms with Crippen LogP contribution in [-0.2, 0) is 0 Å². The highest BCUT2D eigenvalue weighted by molar-refractivity contribution is 4.92. The quantitative estimate of drug-likeness (QED) is 0.449. The molecule has 0 N–H and O–H groups in total. The van der Waals surface area contributed by atoms with Gasteiger partial charge in [-0.2, -0.15) is 0 Å². The lowest BCUT2D eigenvalue weighted by Crippen LogP contribution is -2.04. The van der Waals surface area contributed by atoms with Crippen molar-refractivity contribution in [1.29, 1.82) is 0 Å². The molecule has 2 fully saturated rings. The number of rotatable bonds is 0. The first-order valence-corrected chi connectivity index (χ1v) is 3.88. The minimum Gasteiger partial charge on any atom is -0.0622 e. The topological polar surface area (TPSA) is 0 Å². The number of fused-ring (bicyclic) bond motifs is 1. The number of hydrogen-bond donors (Lipinski definition) is 0. The van der Waals surface area contributed by atoms with Crippen LogP contribution in [0.1, 0.15) is 32.6 Å². The molecule has 0 aromatic carbocycles. The lowest BCUT2D eigenvalue weighted by molar-refractivity contribution is 0.362. The van der Waals surface area contributed by atoms with Gasteiger partial charge in [0.2, 0.25) is 0 Å². The maximum atomic E-state index is 2.42. The minimum absolute atomic E-state index is 1.08. The van der Waals surface area contributed by atoms with Crippen LogP contribution in [0.3, 0.4) is 0 Å². The fourth-order valence-corrected chi connectivity index (χ4v) is 2.22. The van der Waals surface area contributed by atoms with E-state index in [1.54, 1.807) is 12.8 Å². The predicted octanol–water partition coefficient (Wildman–Crippen LogP) is 2.44. The molecule has 0 unspecified atom stereocenters. The summed E-state index contributed by atoms with van der Waals surface area (Å²) in [6, 6.07) is 0. The van der Waals surface area contributed by atoms with Gasteiger partial charge in [-0.25, -0.2) is 0 Å². The van der Waals surface area contributed by atoms with Crippen molar-refractivity contribution in [2.75, 3.05) is 0 Å². The molecule has 0 spiro atoms. The summed E-state index contributed by atoms with van der Waals surface area (Å²) < 4.78 is 0. The summed E-state index contributed by atoms with van der Waals surface area (Å²) in [5.74, 6) is 3.43. The second-order valence-electron chi connectivity index (χ2n) is 3.57. The lowest BCUT2D eigenvalue weighted by atomic mass is 9.91. The van der Waals surface area contributed by atoms with Crippen molar-refractivity contribution < 1.29 is 0 Å². The van der Waals surface area contributed by atoms with E-state index in [-0.39, 0.29) is 0 Å². The summed E-state index contributed by atoms with van der Waals surface area (Å²) in [5, 5.41) is 0. The van der Waals surface area contributed by atoms with Gasteiger partial charge in [0.25, 0.3) is 0 Å². The number of hydrogen-bond acceptors (Lipinski definition) is 0. The third-order valence-corrected chi connectivity index (χ3v) is 2.94. The average molecular weight is 110 g/mol. The van der Waals surface area contributed by atoms with Gasteiger partial charge in [-0.3, -0.25) is 0 Å². The Bertz CT molecular complexity index is 96.2. The smallest absolute Gasteiger partial charge is 0.0357 e. The Morgan fingerprint density at radius 3 is 2.75 bits per heavy atom. The molecule has 2 rings (SSSR count). The van der Waals surface area contributed by atoms with Crippen LogP contribution in [0.2, 0.25) is 0 Å². The molecular formula is C8H14. The van der Waals surface area contributed by atoms with E-state index in [0.717, 1.165) is 5.92 Å². The molecule has 2 aliphatic rings. The second-order valence-corrected chi connectivity index (χ2v) is 3.57. The molecule has 3 atom stereocenters. The Morgan fingerprint density at radius 1 is 1.25 bits per heavy atom. The highest BCUT2D eigenvalue weighted by Gasteiger charge is 2.42. The first-order valence-electron chi connectivity index (χ1n) is 3.88. The summed E-state index contributed by atoms with van der Waals surface area (Å²) in [5.41, 5.74) is 0. The monoisotopic (exact) mass is 110 g/mol. The molecule has 0 aliphatic heterocycles. The molecule has 0 heteroatoms. The summed E-state index contributed by atoms with van der Waals surface area (Å²) in [6.45, 7) is 2.42. The zero-order valence-corrected chi connectivity index (χ0v) is 5.56. The Labute approximate surface area is 51.3 Å². The van der Waals surface area contributed by atoms with Gasteiger partial charge in [-0.1, -0.05) is 26.2 Å². The van der Waals surface area contributed by atoms with E-state index in [1.807, 2.05) is 0 Å². The van der Waals surface area contributed by atoms with Crippen molar-refractivity contribution >= 4 is 0 Å². The van der Waals surface area contributed by atoms with Crippen LogP contribution in [0.4, 0.5) is 0 Å². The van der Waals surface area contributed by atoms with Gasteiger partial charge in [0.1, 0.15) is 0 Å². The molecule has 0 saturated heterocycles. The highest BCUT2D eigenvalue weighted by Crippen LogP contribution is 2.52. The highest BCUT2D eigenvalue weighted by atomic mass is 14.5. The van der Waals surface area contributed by atoms with Gasteiger partial charge in [-0.15, -0.1) is 0 Å².